The van der Waals surface area contributed by atoms with Gasteiger partial charge in [0.05, 0.1) is 6.61 Å². The maximum absolute atomic E-state index is 12.2. The van der Waals surface area contributed by atoms with Crippen LogP contribution in [-0.4, -0.2) is 18.6 Å². The van der Waals surface area contributed by atoms with Crippen molar-refractivity contribution >= 4 is 11.7 Å². The number of rotatable bonds is 9. The lowest BCUT2D eigenvalue weighted by molar-refractivity contribution is -0.138. The second-order valence-corrected chi connectivity index (χ2v) is 6.65. The predicted molar refractivity (Wildman–Crippen MR) is 100 cm³/mol. The molecule has 4 nitrogen and oxygen atoms in total. The molecule has 1 aliphatic heterocycles. The highest BCUT2D eigenvalue weighted by atomic mass is 16.5. The van der Waals surface area contributed by atoms with Gasteiger partial charge in [-0.1, -0.05) is 57.2 Å². The minimum absolute atomic E-state index is 0.0644. The van der Waals surface area contributed by atoms with E-state index in [1.165, 1.54) is 31.2 Å². The number of hydrogen-bond donors (Lipinski definition) is 0. The van der Waals surface area contributed by atoms with Crippen molar-refractivity contribution in [2.24, 2.45) is 0 Å². The van der Waals surface area contributed by atoms with Crippen LogP contribution in [-0.2, 0) is 16.0 Å². The predicted octanol–water partition coefficient (Wildman–Crippen LogP) is 4.75. The molecule has 1 unspecified atom stereocenters. The third kappa shape index (κ3) is 5.35. The monoisotopic (exact) mass is 340 g/mol. The third-order valence-corrected chi connectivity index (χ3v) is 4.60. The van der Waals surface area contributed by atoms with Crippen LogP contribution in [0.15, 0.2) is 36.0 Å². The zero-order valence-electron chi connectivity index (χ0n) is 15.3. The van der Waals surface area contributed by atoms with Crippen molar-refractivity contribution < 1.29 is 9.53 Å². The molecular formula is C21H28N2O2. The summed E-state index contributed by atoms with van der Waals surface area (Å²) in [4.78, 5) is 14.2. The van der Waals surface area contributed by atoms with Crippen LogP contribution in [0.3, 0.4) is 0 Å². The fraction of sp³-hybridized carbons (Fsp3) is 0.524. The Balaban J connectivity index is 1.88. The zero-order chi connectivity index (χ0) is 18.1. The maximum Gasteiger partial charge on any atom is 0.350 e. The summed E-state index contributed by atoms with van der Waals surface area (Å²) in [5.41, 5.74) is 2.37. The number of benzene rings is 1. The highest BCUT2D eigenvalue weighted by Crippen LogP contribution is 2.32. The molecule has 134 valence electrons. The molecule has 0 saturated carbocycles. The smallest absolute Gasteiger partial charge is 0.350 e. The Morgan fingerprint density at radius 1 is 1.28 bits per heavy atom. The lowest BCUT2D eigenvalue weighted by Gasteiger charge is -2.20. The zero-order valence-corrected chi connectivity index (χ0v) is 15.3. The number of ether oxygens (including phenoxy) is 1. The molecule has 0 saturated heterocycles. The fourth-order valence-electron chi connectivity index (χ4n) is 3.18. The number of anilines is 1. The van der Waals surface area contributed by atoms with Crippen molar-refractivity contribution in [2.45, 2.75) is 64.8 Å². The largest absolute Gasteiger partial charge is 0.462 e. The first-order valence-corrected chi connectivity index (χ1v) is 9.32. The summed E-state index contributed by atoms with van der Waals surface area (Å²) >= 11 is 0. The van der Waals surface area contributed by atoms with Gasteiger partial charge in [-0.2, -0.15) is 5.26 Å². The van der Waals surface area contributed by atoms with E-state index in [0.717, 1.165) is 24.9 Å². The summed E-state index contributed by atoms with van der Waals surface area (Å²) in [7, 11) is 0. The first kappa shape index (κ1) is 19.1. The number of para-hydroxylation sites is 1. The molecule has 0 aromatic heterocycles. The van der Waals surface area contributed by atoms with Crippen LogP contribution >= 0.6 is 0 Å². The van der Waals surface area contributed by atoms with E-state index < -0.39 is 5.97 Å². The molecule has 1 aromatic carbocycles. The summed E-state index contributed by atoms with van der Waals surface area (Å²) in [6.07, 6.45) is 9.37. The highest BCUT2D eigenvalue weighted by molar-refractivity contribution is 5.93. The minimum atomic E-state index is -0.521. The quantitative estimate of drug-likeness (QED) is 0.282. The molecule has 4 heteroatoms. The van der Waals surface area contributed by atoms with Gasteiger partial charge < -0.3 is 9.64 Å². The third-order valence-electron chi connectivity index (χ3n) is 4.60. The molecule has 1 atom stereocenters. The van der Waals surface area contributed by atoms with E-state index in [-0.39, 0.29) is 11.6 Å². The molecule has 0 bridgehead atoms. The average molecular weight is 340 g/mol. The number of fused-ring (bicyclic) bond motifs is 1. The number of nitriles is 1. The van der Waals surface area contributed by atoms with Crippen LogP contribution in [0, 0.1) is 11.3 Å². The Labute approximate surface area is 151 Å². The van der Waals surface area contributed by atoms with Crippen LogP contribution in [0.1, 0.15) is 57.9 Å². The molecular weight excluding hydrogens is 312 g/mol. The Hall–Kier alpha value is -2.28. The number of unbranched alkanes of at least 4 members (excludes halogenated alkanes) is 5. The van der Waals surface area contributed by atoms with Gasteiger partial charge in [-0.25, -0.2) is 4.79 Å². The van der Waals surface area contributed by atoms with E-state index in [1.54, 1.807) is 6.20 Å². The van der Waals surface area contributed by atoms with Crippen molar-refractivity contribution in [3.8, 4) is 6.07 Å². The normalized spacial score (nSPS) is 16.4. The van der Waals surface area contributed by atoms with Gasteiger partial charge in [-0.3, -0.25) is 0 Å². The van der Waals surface area contributed by atoms with Gasteiger partial charge in [-0.15, -0.1) is 0 Å². The second kappa shape index (κ2) is 9.88. The lowest BCUT2D eigenvalue weighted by atomic mass is 10.1. The Morgan fingerprint density at radius 3 is 2.76 bits per heavy atom. The van der Waals surface area contributed by atoms with Crippen molar-refractivity contribution in [1.29, 1.82) is 5.26 Å². The van der Waals surface area contributed by atoms with Gasteiger partial charge >= 0.3 is 5.97 Å². The number of carbonyl (C=O) groups is 1. The van der Waals surface area contributed by atoms with E-state index in [2.05, 4.69) is 19.9 Å². The Morgan fingerprint density at radius 2 is 2.00 bits per heavy atom. The molecule has 0 fully saturated rings. The lowest BCUT2D eigenvalue weighted by Crippen LogP contribution is -2.25. The fourth-order valence-corrected chi connectivity index (χ4v) is 3.18. The molecule has 0 amide bonds. The van der Waals surface area contributed by atoms with Gasteiger partial charge in [-0.05, 0) is 31.4 Å². The van der Waals surface area contributed by atoms with Crippen LogP contribution in [0.4, 0.5) is 5.69 Å². The summed E-state index contributed by atoms with van der Waals surface area (Å²) in [5.74, 6) is -0.521. The van der Waals surface area contributed by atoms with Gasteiger partial charge in [0.15, 0.2) is 5.57 Å². The number of carbonyl (C=O) groups excluding carboxylic acids is 1. The highest BCUT2D eigenvalue weighted by Gasteiger charge is 2.25. The SMILES string of the molecule is CCCCCCCCOC(=O)C(C#N)=CN1c2ccccc2CC1C. The molecule has 0 N–H and O–H groups in total. The number of esters is 1. The van der Waals surface area contributed by atoms with Gasteiger partial charge in [0.1, 0.15) is 6.07 Å². The number of nitrogens with zero attached hydrogens (tertiary/aromatic N) is 2. The van der Waals surface area contributed by atoms with E-state index in [1.807, 2.05) is 29.2 Å². The van der Waals surface area contributed by atoms with Gasteiger partial charge in [0.2, 0.25) is 0 Å². The second-order valence-electron chi connectivity index (χ2n) is 6.65. The molecule has 1 heterocycles. The van der Waals surface area contributed by atoms with Gasteiger partial charge in [0.25, 0.3) is 0 Å². The Kier molecular flexibility index (Phi) is 7.53. The van der Waals surface area contributed by atoms with Crippen LogP contribution < -0.4 is 4.90 Å². The molecule has 0 spiro atoms. The van der Waals surface area contributed by atoms with Crippen molar-refractivity contribution in [1.82, 2.24) is 0 Å². The molecule has 2 rings (SSSR count). The summed E-state index contributed by atoms with van der Waals surface area (Å²) in [5, 5.41) is 9.35. The van der Waals surface area contributed by atoms with Crippen molar-refractivity contribution in [3.63, 3.8) is 0 Å². The van der Waals surface area contributed by atoms with E-state index in [9.17, 15) is 10.1 Å². The van der Waals surface area contributed by atoms with Crippen molar-refractivity contribution in [2.75, 3.05) is 11.5 Å². The number of hydrogen-bond acceptors (Lipinski definition) is 4. The minimum Gasteiger partial charge on any atom is -0.462 e. The average Bonchev–Trinajstić information content (AvgIpc) is 2.93. The summed E-state index contributed by atoms with van der Waals surface area (Å²) < 4.78 is 5.28. The van der Waals surface area contributed by atoms with E-state index in [4.69, 9.17) is 4.74 Å². The standard InChI is InChI=1S/C21H28N2O2/c1-3-4-5-6-7-10-13-25-21(24)19(15-22)16-23-17(2)14-18-11-8-9-12-20(18)23/h8-9,11-12,16-17H,3-7,10,13-14H2,1-2H3. The first-order chi connectivity index (χ1) is 12.2. The summed E-state index contributed by atoms with van der Waals surface area (Å²) in [6.45, 7) is 4.67. The van der Waals surface area contributed by atoms with Crippen molar-refractivity contribution in [3.05, 3.63) is 41.6 Å². The topological polar surface area (TPSA) is 53.3 Å². The van der Waals surface area contributed by atoms with E-state index in [0.29, 0.717) is 6.61 Å². The molecule has 0 aliphatic carbocycles. The van der Waals surface area contributed by atoms with Gasteiger partial charge in [0, 0.05) is 17.9 Å². The van der Waals surface area contributed by atoms with Crippen LogP contribution in [0.2, 0.25) is 0 Å². The molecule has 0 radical (unpaired) electrons. The maximum atomic E-state index is 12.2. The first-order valence-electron chi connectivity index (χ1n) is 9.32. The van der Waals surface area contributed by atoms with E-state index >= 15 is 0 Å². The van der Waals surface area contributed by atoms with Crippen LogP contribution in [0.25, 0.3) is 0 Å². The van der Waals surface area contributed by atoms with Crippen LogP contribution in [0.5, 0.6) is 0 Å². The molecule has 1 aliphatic rings. The summed E-state index contributed by atoms with van der Waals surface area (Å²) in [6, 6.07) is 10.3. The molecule has 1 aromatic rings. The molecule has 25 heavy (non-hydrogen) atoms. The Bertz CT molecular complexity index is 646.